The molecule has 32 heavy (non-hydrogen) atoms. The minimum Gasteiger partial charge on any atom is -0.497 e. The highest BCUT2D eigenvalue weighted by Crippen LogP contribution is 2.65. The van der Waals surface area contributed by atoms with Crippen molar-refractivity contribution < 1.29 is 9.53 Å². The summed E-state index contributed by atoms with van der Waals surface area (Å²) in [7, 11) is 5.89. The highest BCUT2D eigenvalue weighted by atomic mass is 16.5. The normalized spacial score (nSPS) is 30.5. The van der Waals surface area contributed by atoms with Crippen molar-refractivity contribution in [3.05, 3.63) is 65.2 Å². The van der Waals surface area contributed by atoms with E-state index < -0.39 is 0 Å². The Balaban J connectivity index is 1.36. The molecule has 0 unspecified atom stereocenters. The molecule has 4 nitrogen and oxygen atoms in total. The van der Waals surface area contributed by atoms with Crippen LogP contribution in [0.2, 0.25) is 0 Å². The maximum atomic E-state index is 13.7. The monoisotopic (exact) mass is 432 g/mol. The number of rotatable bonds is 7. The number of ether oxygens (including phenoxy) is 1. The Labute approximate surface area is 192 Å². The minimum atomic E-state index is -0.208. The third-order valence-corrected chi connectivity index (χ3v) is 8.29. The van der Waals surface area contributed by atoms with E-state index in [1.807, 2.05) is 0 Å². The number of amides is 1. The van der Waals surface area contributed by atoms with Gasteiger partial charge in [0.2, 0.25) is 5.91 Å². The molecule has 0 heterocycles. The Kier molecular flexibility index (Phi) is 5.53. The summed E-state index contributed by atoms with van der Waals surface area (Å²) >= 11 is 0. The molecular formula is C28H36N2O2. The summed E-state index contributed by atoms with van der Waals surface area (Å²) in [5.74, 6) is 2.53. The topological polar surface area (TPSA) is 41.6 Å². The van der Waals surface area contributed by atoms with Crippen LogP contribution in [0.15, 0.2) is 48.5 Å². The zero-order valence-electron chi connectivity index (χ0n) is 19.7. The summed E-state index contributed by atoms with van der Waals surface area (Å²) in [5, 5.41) is 3.38. The number of benzene rings is 2. The van der Waals surface area contributed by atoms with Crippen LogP contribution in [0.5, 0.6) is 5.75 Å². The quantitative estimate of drug-likeness (QED) is 0.676. The van der Waals surface area contributed by atoms with Gasteiger partial charge in [-0.05, 0) is 98.7 Å². The van der Waals surface area contributed by atoms with Gasteiger partial charge in [0.25, 0.3) is 0 Å². The Bertz CT molecular complexity index is 967. The van der Waals surface area contributed by atoms with Gasteiger partial charge in [0, 0.05) is 13.1 Å². The Morgan fingerprint density at radius 1 is 1.00 bits per heavy atom. The molecule has 2 atom stereocenters. The van der Waals surface area contributed by atoms with Crippen LogP contribution in [-0.4, -0.2) is 32.0 Å². The van der Waals surface area contributed by atoms with Gasteiger partial charge in [-0.15, -0.1) is 0 Å². The molecule has 0 aliphatic heterocycles. The van der Waals surface area contributed by atoms with E-state index in [-0.39, 0.29) is 16.7 Å². The molecule has 4 heteroatoms. The molecule has 4 aliphatic rings. The van der Waals surface area contributed by atoms with Gasteiger partial charge in [-0.2, -0.15) is 0 Å². The van der Waals surface area contributed by atoms with Gasteiger partial charge in [0.05, 0.1) is 12.5 Å². The van der Waals surface area contributed by atoms with Crippen LogP contribution in [0.25, 0.3) is 0 Å². The van der Waals surface area contributed by atoms with E-state index in [9.17, 15) is 4.79 Å². The molecule has 0 radical (unpaired) electrons. The molecule has 4 aliphatic carbocycles. The molecule has 170 valence electrons. The SMILES string of the molecule is COc1ccc(C23C[C@H]4C[C@@H](CC(C(=O)NCc5ccccc5CN(C)C)(C4)C2)C3)cc1. The highest BCUT2D eigenvalue weighted by Gasteiger charge is 2.60. The van der Waals surface area contributed by atoms with Crippen LogP contribution in [0.4, 0.5) is 0 Å². The Hall–Kier alpha value is -2.33. The maximum absolute atomic E-state index is 13.7. The van der Waals surface area contributed by atoms with Gasteiger partial charge in [0.15, 0.2) is 0 Å². The summed E-state index contributed by atoms with van der Waals surface area (Å²) in [4.78, 5) is 15.9. The van der Waals surface area contributed by atoms with Crippen molar-refractivity contribution >= 4 is 5.91 Å². The first-order valence-corrected chi connectivity index (χ1v) is 12.1. The lowest BCUT2D eigenvalue weighted by molar-refractivity contribution is -0.149. The van der Waals surface area contributed by atoms with Gasteiger partial charge in [-0.3, -0.25) is 4.79 Å². The summed E-state index contributed by atoms with van der Waals surface area (Å²) < 4.78 is 5.39. The van der Waals surface area contributed by atoms with E-state index >= 15 is 0 Å². The fourth-order valence-corrected chi connectivity index (χ4v) is 7.40. The predicted molar refractivity (Wildman–Crippen MR) is 127 cm³/mol. The zero-order valence-corrected chi connectivity index (χ0v) is 19.7. The molecule has 1 N–H and O–H groups in total. The number of carbonyl (C=O) groups is 1. The average molecular weight is 433 g/mol. The predicted octanol–water partition coefficient (Wildman–Crippen LogP) is 4.91. The van der Waals surface area contributed by atoms with E-state index in [1.165, 1.54) is 36.0 Å². The number of hydrogen-bond donors (Lipinski definition) is 1. The van der Waals surface area contributed by atoms with Crippen LogP contribution in [0.3, 0.4) is 0 Å². The van der Waals surface area contributed by atoms with Gasteiger partial charge < -0.3 is 15.0 Å². The summed E-state index contributed by atoms with van der Waals surface area (Å²) in [6.07, 6.45) is 6.88. The Morgan fingerprint density at radius 2 is 1.66 bits per heavy atom. The van der Waals surface area contributed by atoms with Crippen molar-refractivity contribution in [2.24, 2.45) is 17.3 Å². The third kappa shape index (κ3) is 3.83. The van der Waals surface area contributed by atoms with Crippen LogP contribution in [0.1, 0.15) is 55.2 Å². The lowest BCUT2D eigenvalue weighted by atomic mass is 9.42. The largest absolute Gasteiger partial charge is 0.497 e. The smallest absolute Gasteiger partial charge is 0.226 e. The highest BCUT2D eigenvalue weighted by molar-refractivity contribution is 5.83. The van der Waals surface area contributed by atoms with E-state index in [0.29, 0.717) is 18.4 Å². The number of nitrogens with zero attached hydrogens (tertiary/aromatic N) is 1. The average Bonchev–Trinajstić information content (AvgIpc) is 2.77. The molecule has 2 aromatic rings. The molecule has 0 spiro atoms. The second kappa shape index (κ2) is 8.22. The minimum absolute atomic E-state index is 0.149. The van der Waals surface area contributed by atoms with Crippen molar-refractivity contribution in [2.75, 3.05) is 21.2 Å². The van der Waals surface area contributed by atoms with Crippen molar-refractivity contribution in [3.63, 3.8) is 0 Å². The first kappa shape index (κ1) is 21.5. The lowest BCUT2D eigenvalue weighted by Crippen LogP contribution is -2.59. The molecule has 0 saturated heterocycles. The number of methoxy groups -OCH3 is 1. The van der Waals surface area contributed by atoms with Gasteiger partial charge in [-0.1, -0.05) is 36.4 Å². The summed E-state index contributed by atoms with van der Waals surface area (Å²) in [5.41, 5.74) is 3.86. The van der Waals surface area contributed by atoms with E-state index in [1.54, 1.807) is 7.11 Å². The second-order valence-electron chi connectivity index (χ2n) is 10.9. The molecule has 4 fully saturated rings. The third-order valence-electron chi connectivity index (χ3n) is 8.29. The van der Waals surface area contributed by atoms with Crippen LogP contribution >= 0.6 is 0 Å². The van der Waals surface area contributed by atoms with Crippen molar-refractivity contribution in [3.8, 4) is 5.75 Å². The number of carbonyl (C=O) groups excluding carboxylic acids is 1. The van der Waals surface area contributed by atoms with Gasteiger partial charge >= 0.3 is 0 Å². The van der Waals surface area contributed by atoms with Crippen molar-refractivity contribution in [1.29, 1.82) is 0 Å². The summed E-state index contributed by atoms with van der Waals surface area (Å²) in [6, 6.07) is 17.1. The van der Waals surface area contributed by atoms with Crippen LogP contribution < -0.4 is 10.1 Å². The molecular weight excluding hydrogens is 396 g/mol. The van der Waals surface area contributed by atoms with Crippen LogP contribution in [0, 0.1) is 17.3 Å². The molecule has 6 rings (SSSR count). The second-order valence-corrected chi connectivity index (χ2v) is 10.9. The summed E-state index contributed by atoms with van der Waals surface area (Å²) in [6.45, 7) is 1.51. The first-order valence-electron chi connectivity index (χ1n) is 12.1. The molecule has 0 aromatic heterocycles. The fourth-order valence-electron chi connectivity index (χ4n) is 7.40. The van der Waals surface area contributed by atoms with E-state index in [4.69, 9.17) is 4.74 Å². The van der Waals surface area contributed by atoms with E-state index in [2.05, 4.69) is 72.8 Å². The van der Waals surface area contributed by atoms with Crippen LogP contribution in [-0.2, 0) is 23.3 Å². The zero-order chi connectivity index (χ0) is 22.3. The van der Waals surface area contributed by atoms with Gasteiger partial charge in [0.1, 0.15) is 5.75 Å². The van der Waals surface area contributed by atoms with Gasteiger partial charge in [-0.25, -0.2) is 0 Å². The fraction of sp³-hybridized carbons (Fsp3) is 0.536. The Morgan fingerprint density at radius 3 is 2.28 bits per heavy atom. The molecule has 1 amide bonds. The van der Waals surface area contributed by atoms with Crippen molar-refractivity contribution in [2.45, 2.75) is 57.0 Å². The maximum Gasteiger partial charge on any atom is 0.226 e. The molecule has 4 saturated carbocycles. The van der Waals surface area contributed by atoms with E-state index in [0.717, 1.165) is 31.6 Å². The van der Waals surface area contributed by atoms with Crippen molar-refractivity contribution in [1.82, 2.24) is 10.2 Å². The standard InChI is InChI=1S/C28H36N2O2/c1-30(2)18-23-7-5-4-6-22(23)17-29-26(31)28-15-20-12-21(16-28)14-27(13-20,19-28)24-8-10-25(32-3)11-9-24/h4-11,20-21H,12-19H2,1-3H3,(H,29,31)/t20-,21-,27?,28?/m1/s1. The number of nitrogens with one attached hydrogen (secondary N) is 1. The first-order chi connectivity index (χ1) is 15.4. The molecule has 2 aromatic carbocycles. The molecule has 4 bridgehead atoms. The lowest BCUT2D eigenvalue weighted by Gasteiger charge is -2.61. The number of hydrogen-bond acceptors (Lipinski definition) is 3.